The summed E-state index contributed by atoms with van der Waals surface area (Å²) >= 11 is 0. The molecule has 0 bridgehead atoms. The zero-order valence-electron chi connectivity index (χ0n) is 15.1. The van der Waals surface area contributed by atoms with E-state index in [9.17, 15) is 9.18 Å². The van der Waals surface area contributed by atoms with E-state index in [1.807, 2.05) is 30.3 Å². The number of amides is 1. The molecule has 0 saturated carbocycles. The van der Waals surface area contributed by atoms with Gasteiger partial charge in [-0.25, -0.2) is 9.37 Å². The number of hydrogen-bond acceptors (Lipinski definition) is 3. The molecule has 4 aromatic rings. The second-order valence-corrected chi connectivity index (χ2v) is 6.27. The Morgan fingerprint density at radius 2 is 1.71 bits per heavy atom. The average Bonchev–Trinajstić information content (AvgIpc) is 2.74. The van der Waals surface area contributed by atoms with Crippen LogP contribution < -0.4 is 10.1 Å². The molecule has 0 saturated heterocycles. The monoisotopic (exact) mass is 372 g/mol. The van der Waals surface area contributed by atoms with Crippen LogP contribution in [0.25, 0.3) is 22.2 Å². The molecule has 138 valence electrons. The van der Waals surface area contributed by atoms with Crippen LogP contribution in [-0.4, -0.2) is 18.0 Å². The van der Waals surface area contributed by atoms with Crippen molar-refractivity contribution in [2.24, 2.45) is 0 Å². The Labute approximate surface area is 161 Å². The van der Waals surface area contributed by atoms with Crippen LogP contribution in [0.5, 0.6) is 5.75 Å². The maximum absolute atomic E-state index is 13.8. The van der Waals surface area contributed by atoms with Gasteiger partial charge in [-0.05, 0) is 48.5 Å². The molecular weight excluding hydrogens is 355 g/mol. The quantitative estimate of drug-likeness (QED) is 0.529. The summed E-state index contributed by atoms with van der Waals surface area (Å²) in [5.74, 6) is -0.0543. The standard InChI is InChI=1S/C23H17FN2O2/c1-28-18-10-8-17(9-11-18)25-23(27)20-14-22(15-5-3-2-4-6-15)26-21-12-7-16(24)13-19(20)21/h2-14H,1H3,(H,25,27). The number of pyridine rings is 1. The van der Waals surface area contributed by atoms with Crippen LogP contribution in [0, 0.1) is 5.82 Å². The minimum Gasteiger partial charge on any atom is -0.497 e. The molecule has 28 heavy (non-hydrogen) atoms. The van der Waals surface area contributed by atoms with Crippen molar-refractivity contribution >= 4 is 22.5 Å². The molecule has 1 heterocycles. The fourth-order valence-electron chi connectivity index (χ4n) is 3.02. The Morgan fingerprint density at radius 3 is 2.43 bits per heavy atom. The first-order chi connectivity index (χ1) is 13.6. The highest BCUT2D eigenvalue weighted by Crippen LogP contribution is 2.26. The van der Waals surface area contributed by atoms with Crippen LogP contribution >= 0.6 is 0 Å². The number of carbonyl (C=O) groups is 1. The summed E-state index contributed by atoms with van der Waals surface area (Å²) in [6.07, 6.45) is 0. The third kappa shape index (κ3) is 3.55. The van der Waals surface area contributed by atoms with Crippen LogP contribution in [0.2, 0.25) is 0 Å². The lowest BCUT2D eigenvalue weighted by molar-refractivity contribution is 0.102. The molecule has 0 fully saturated rings. The smallest absolute Gasteiger partial charge is 0.256 e. The van der Waals surface area contributed by atoms with Crippen molar-refractivity contribution in [2.45, 2.75) is 0 Å². The predicted molar refractivity (Wildman–Crippen MR) is 108 cm³/mol. The molecule has 0 aliphatic heterocycles. The molecule has 1 amide bonds. The summed E-state index contributed by atoms with van der Waals surface area (Å²) in [5.41, 5.74) is 3.07. The minimum absolute atomic E-state index is 0.333. The van der Waals surface area contributed by atoms with Crippen LogP contribution in [0.4, 0.5) is 10.1 Å². The Bertz CT molecular complexity index is 1140. The zero-order valence-corrected chi connectivity index (χ0v) is 15.1. The van der Waals surface area contributed by atoms with Gasteiger partial charge >= 0.3 is 0 Å². The summed E-state index contributed by atoms with van der Waals surface area (Å²) in [6, 6.07) is 22.5. The summed E-state index contributed by atoms with van der Waals surface area (Å²) < 4.78 is 19.0. The van der Waals surface area contributed by atoms with Gasteiger partial charge in [0.15, 0.2) is 0 Å². The molecular formula is C23H17FN2O2. The van der Waals surface area contributed by atoms with Gasteiger partial charge < -0.3 is 10.1 Å². The lowest BCUT2D eigenvalue weighted by Crippen LogP contribution is -2.13. The van der Waals surface area contributed by atoms with Gasteiger partial charge in [0.2, 0.25) is 0 Å². The fourth-order valence-corrected chi connectivity index (χ4v) is 3.02. The molecule has 1 aromatic heterocycles. The van der Waals surface area contributed by atoms with E-state index in [0.717, 1.165) is 5.56 Å². The van der Waals surface area contributed by atoms with Crippen LogP contribution in [0.3, 0.4) is 0 Å². The molecule has 3 aromatic carbocycles. The molecule has 0 radical (unpaired) electrons. The van der Waals surface area contributed by atoms with Crippen molar-refractivity contribution in [1.82, 2.24) is 4.98 Å². The second kappa shape index (κ2) is 7.48. The highest BCUT2D eigenvalue weighted by atomic mass is 19.1. The molecule has 5 heteroatoms. The zero-order chi connectivity index (χ0) is 19.5. The van der Waals surface area contributed by atoms with Gasteiger partial charge in [0.05, 0.1) is 23.9 Å². The number of ether oxygens (including phenoxy) is 1. The SMILES string of the molecule is COc1ccc(NC(=O)c2cc(-c3ccccc3)nc3ccc(F)cc23)cc1. The Balaban J connectivity index is 1.78. The molecule has 0 unspecified atom stereocenters. The highest BCUT2D eigenvalue weighted by Gasteiger charge is 2.15. The maximum atomic E-state index is 13.8. The first kappa shape index (κ1) is 17.7. The second-order valence-electron chi connectivity index (χ2n) is 6.27. The van der Waals surface area contributed by atoms with Crippen LogP contribution in [-0.2, 0) is 0 Å². The summed E-state index contributed by atoms with van der Waals surface area (Å²) in [5, 5.41) is 3.32. The highest BCUT2D eigenvalue weighted by molar-refractivity contribution is 6.13. The number of nitrogens with zero attached hydrogens (tertiary/aromatic N) is 1. The van der Waals surface area contributed by atoms with Crippen molar-refractivity contribution in [2.75, 3.05) is 12.4 Å². The third-order valence-corrected chi connectivity index (χ3v) is 4.43. The number of halogens is 1. The molecule has 4 nitrogen and oxygen atoms in total. The molecule has 1 N–H and O–H groups in total. The maximum Gasteiger partial charge on any atom is 0.256 e. The van der Waals surface area contributed by atoms with E-state index in [0.29, 0.717) is 33.6 Å². The van der Waals surface area contributed by atoms with Gasteiger partial charge in [-0.3, -0.25) is 4.79 Å². The van der Waals surface area contributed by atoms with Gasteiger partial charge in [0, 0.05) is 16.6 Å². The van der Waals surface area contributed by atoms with Crippen LogP contribution in [0.15, 0.2) is 78.9 Å². The summed E-state index contributed by atoms with van der Waals surface area (Å²) in [4.78, 5) is 17.6. The Hall–Kier alpha value is -3.73. The average molecular weight is 372 g/mol. The van der Waals surface area contributed by atoms with Crippen molar-refractivity contribution < 1.29 is 13.9 Å². The number of aromatic nitrogens is 1. The number of fused-ring (bicyclic) bond motifs is 1. The molecule has 0 aliphatic rings. The van der Waals surface area contributed by atoms with E-state index >= 15 is 0 Å². The van der Waals surface area contributed by atoms with Gasteiger partial charge in [0.1, 0.15) is 11.6 Å². The van der Waals surface area contributed by atoms with E-state index < -0.39 is 5.82 Å². The number of methoxy groups -OCH3 is 1. The lowest BCUT2D eigenvalue weighted by atomic mass is 10.0. The molecule has 0 aliphatic carbocycles. The first-order valence-electron chi connectivity index (χ1n) is 8.75. The number of anilines is 1. The van der Waals surface area contributed by atoms with Crippen molar-refractivity contribution in [3.05, 3.63) is 90.2 Å². The number of benzene rings is 3. The number of carbonyl (C=O) groups excluding carboxylic acids is 1. The Kier molecular flexibility index (Phi) is 4.72. The summed E-state index contributed by atoms with van der Waals surface area (Å²) in [6.45, 7) is 0. The number of nitrogens with one attached hydrogen (secondary N) is 1. The first-order valence-corrected chi connectivity index (χ1v) is 8.75. The van der Waals surface area contributed by atoms with Crippen molar-refractivity contribution in [3.63, 3.8) is 0 Å². The van der Waals surface area contributed by atoms with E-state index in [-0.39, 0.29) is 5.91 Å². The van der Waals surface area contributed by atoms with Gasteiger partial charge in [0.25, 0.3) is 5.91 Å². The number of rotatable bonds is 4. The topological polar surface area (TPSA) is 51.2 Å². The predicted octanol–water partition coefficient (Wildman–Crippen LogP) is 5.30. The Morgan fingerprint density at radius 1 is 0.964 bits per heavy atom. The van der Waals surface area contributed by atoms with E-state index in [1.54, 1.807) is 43.5 Å². The van der Waals surface area contributed by atoms with Gasteiger partial charge in [-0.15, -0.1) is 0 Å². The molecule has 0 atom stereocenters. The van der Waals surface area contributed by atoms with E-state index in [4.69, 9.17) is 4.74 Å². The molecule has 4 rings (SSSR count). The van der Waals surface area contributed by atoms with Crippen molar-refractivity contribution in [3.8, 4) is 17.0 Å². The van der Waals surface area contributed by atoms with Crippen molar-refractivity contribution in [1.29, 1.82) is 0 Å². The summed E-state index contributed by atoms with van der Waals surface area (Å²) in [7, 11) is 1.58. The number of hydrogen-bond donors (Lipinski definition) is 1. The van der Waals surface area contributed by atoms with E-state index in [2.05, 4.69) is 10.3 Å². The fraction of sp³-hybridized carbons (Fsp3) is 0.0435. The van der Waals surface area contributed by atoms with E-state index in [1.165, 1.54) is 12.1 Å². The molecule has 0 spiro atoms. The largest absolute Gasteiger partial charge is 0.497 e. The lowest BCUT2D eigenvalue weighted by Gasteiger charge is -2.11. The van der Waals surface area contributed by atoms with Crippen LogP contribution in [0.1, 0.15) is 10.4 Å². The van der Waals surface area contributed by atoms with Gasteiger partial charge in [-0.2, -0.15) is 0 Å². The third-order valence-electron chi connectivity index (χ3n) is 4.43. The minimum atomic E-state index is -0.416. The normalized spacial score (nSPS) is 10.6. The van der Waals surface area contributed by atoms with Gasteiger partial charge in [-0.1, -0.05) is 30.3 Å².